The highest BCUT2D eigenvalue weighted by Crippen LogP contribution is 2.20. The van der Waals surface area contributed by atoms with E-state index in [9.17, 15) is 8.42 Å². The average Bonchev–Trinajstić information content (AvgIpc) is 2.80. The fourth-order valence-corrected chi connectivity index (χ4v) is 3.55. The predicted molar refractivity (Wildman–Crippen MR) is 72.9 cm³/mol. The summed E-state index contributed by atoms with van der Waals surface area (Å²) in [6, 6.07) is 1.74. The van der Waals surface area contributed by atoms with Crippen LogP contribution >= 0.6 is 0 Å². The van der Waals surface area contributed by atoms with Crippen LogP contribution in [0.1, 0.15) is 32.4 Å². The van der Waals surface area contributed by atoms with Crippen molar-refractivity contribution in [3.05, 3.63) is 18.0 Å². The minimum Gasteiger partial charge on any atom is -0.363 e. The van der Waals surface area contributed by atoms with Crippen LogP contribution in [0.3, 0.4) is 0 Å². The maximum atomic E-state index is 12.4. The molecule has 0 aliphatic rings. The molecule has 0 atom stereocenters. The average molecular weight is 273 g/mol. The van der Waals surface area contributed by atoms with E-state index in [1.807, 2.05) is 20.9 Å². The van der Waals surface area contributed by atoms with Gasteiger partial charge in [-0.25, -0.2) is 8.42 Å². The van der Waals surface area contributed by atoms with Gasteiger partial charge in [0.05, 0.1) is 4.90 Å². The maximum absolute atomic E-state index is 12.4. The van der Waals surface area contributed by atoms with E-state index in [0.717, 1.165) is 18.5 Å². The Morgan fingerprint density at radius 2 is 2.00 bits per heavy atom. The molecule has 0 amide bonds. The molecule has 18 heavy (non-hydrogen) atoms. The zero-order chi connectivity index (χ0) is 13.8. The lowest BCUT2D eigenvalue weighted by atomic mass is 10.2. The largest absolute Gasteiger partial charge is 0.363 e. The highest BCUT2D eigenvalue weighted by molar-refractivity contribution is 7.89. The first-order valence-electron chi connectivity index (χ1n) is 6.27. The zero-order valence-corrected chi connectivity index (χ0v) is 12.3. The van der Waals surface area contributed by atoms with Crippen molar-refractivity contribution >= 4 is 10.0 Å². The molecule has 1 aromatic rings. The van der Waals surface area contributed by atoms with Gasteiger partial charge in [0.15, 0.2) is 0 Å². The van der Waals surface area contributed by atoms with Crippen LogP contribution in [0.25, 0.3) is 0 Å². The van der Waals surface area contributed by atoms with Gasteiger partial charge in [-0.05, 0) is 26.0 Å². The van der Waals surface area contributed by atoms with Gasteiger partial charge in [-0.3, -0.25) is 0 Å². The molecule has 0 radical (unpaired) electrons. The SMILES string of the molecule is CCC(CC)N(C)S(=O)(=O)c1c[nH]c(CNC)c1. The molecule has 0 aliphatic heterocycles. The summed E-state index contributed by atoms with van der Waals surface area (Å²) < 4.78 is 26.3. The summed E-state index contributed by atoms with van der Waals surface area (Å²) in [5, 5.41) is 2.98. The predicted octanol–water partition coefficient (Wildman–Crippen LogP) is 1.54. The van der Waals surface area contributed by atoms with Crippen LogP contribution in [-0.2, 0) is 16.6 Å². The number of hydrogen-bond donors (Lipinski definition) is 2. The summed E-state index contributed by atoms with van der Waals surface area (Å²) in [7, 11) is 0.0897. The number of nitrogens with zero attached hydrogens (tertiary/aromatic N) is 1. The van der Waals surface area contributed by atoms with Crippen LogP contribution in [0, 0.1) is 0 Å². The van der Waals surface area contributed by atoms with E-state index in [1.165, 1.54) is 4.31 Å². The monoisotopic (exact) mass is 273 g/mol. The Labute approximate surface area is 110 Å². The van der Waals surface area contributed by atoms with E-state index in [-0.39, 0.29) is 6.04 Å². The molecule has 0 unspecified atom stereocenters. The molecule has 0 aliphatic carbocycles. The Morgan fingerprint density at radius 1 is 1.39 bits per heavy atom. The number of aromatic nitrogens is 1. The second kappa shape index (κ2) is 6.36. The van der Waals surface area contributed by atoms with Crippen LogP contribution in [-0.4, -0.2) is 37.8 Å². The Hall–Kier alpha value is -0.850. The number of nitrogens with one attached hydrogen (secondary N) is 2. The van der Waals surface area contributed by atoms with Crippen LogP contribution < -0.4 is 5.32 Å². The van der Waals surface area contributed by atoms with Gasteiger partial charge in [0.25, 0.3) is 0 Å². The van der Waals surface area contributed by atoms with Crippen LogP contribution in [0.2, 0.25) is 0 Å². The molecule has 0 aromatic carbocycles. The van der Waals surface area contributed by atoms with Gasteiger partial charge in [-0.15, -0.1) is 0 Å². The van der Waals surface area contributed by atoms with Gasteiger partial charge in [-0.1, -0.05) is 13.8 Å². The molecule has 0 saturated carbocycles. The maximum Gasteiger partial charge on any atom is 0.244 e. The minimum absolute atomic E-state index is 0.0534. The van der Waals surface area contributed by atoms with Crippen molar-refractivity contribution in [3.63, 3.8) is 0 Å². The van der Waals surface area contributed by atoms with Gasteiger partial charge in [0, 0.05) is 31.5 Å². The second-order valence-electron chi connectivity index (χ2n) is 4.38. The van der Waals surface area contributed by atoms with E-state index in [4.69, 9.17) is 0 Å². The molecule has 1 heterocycles. The molecule has 2 N–H and O–H groups in total. The molecule has 1 aromatic heterocycles. The molecule has 0 fully saturated rings. The zero-order valence-electron chi connectivity index (χ0n) is 11.5. The first-order valence-corrected chi connectivity index (χ1v) is 7.71. The summed E-state index contributed by atoms with van der Waals surface area (Å²) in [6.07, 6.45) is 3.20. The van der Waals surface area contributed by atoms with Crippen molar-refractivity contribution in [2.75, 3.05) is 14.1 Å². The van der Waals surface area contributed by atoms with E-state index in [1.54, 1.807) is 19.3 Å². The fraction of sp³-hybridized carbons (Fsp3) is 0.667. The lowest BCUT2D eigenvalue weighted by molar-refractivity contribution is 0.350. The quantitative estimate of drug-likeness (QED) is 0.792. The van der Waals surface area contributed by atoms with Crippen molar-refractivity contribution in [1.82, 2.24) is 14.6 Å². The van der Waals surface area contributed by atoms with Crippen molar-refractivity contribution in [2.45, 2.75) is 44.2 Å². The third-order valence-electron chi connectivity index (χ3n) is 3.22. The Bertz CT molecular complexity index is 463. The number of sulfonamides is 1. The molecule has 104 valence electrons. The molecule has 0 bridgehead atoms. The highest BCUT2D eigenvalue weighted by Gasteiger charge is 2.26. The summed E-state index contributed by atoms with van der Waals surface area (Å²) in [4.78, 5) is 3.31. The molecule has 6 heteroatoms. The number of aromatic amines is 1. The first kappa shape index (κ1) is 15.2. The van der Waals surface area contributed by atoms with Crippen LogP contribution in [0.5, 0.6) is 0 Å². The van der Waals surface area contributed by atoms with Crippen molar-refractivity contribution in [2.24, 2.45) is 0 Å². The molecular formula is C12H23N3O2S. The van der Waals surface area contributed by atoms with E-state index >= 15 is 0 Å². The minimum atomic E-state index is -3.39. The molecule has 0 saturated heterocycles. The number of hydrogen-bond acceptors (Lipinski definition) is 3. The van der Waals surface area contributed by atoms with E-state index in [2.05, 4.69) is 10.3 Å². The number of rotatable bonds is 7. The molecule has 5 nitrogen and oxygen atoms in total. The Balaban J connectivity index is 2.97. The third-order valence-corrected chi connectivity index (χ3v) is 5.11. The fourth-order valence-electron chi connectivity index (χ4n) is 2.03. The van der Waals surface area contributed by atoms with Crippen molar-refractivity contribution in [1.29, 1.82) is 0 Å². The Morgan fingerprint density at radius 3 is 2.50 bits per heavy atom. The van der Waals surface area contributed by atoms with E-state index < -0.39 is 10.0 Å². The van der Waals surface area contributed by atoms with Crippen molar-refractivity contribution < 1.29 is 8.42 Å². The highest BCUT2D eigenvalue weighted by atomic mass is 32.2. The smallest absolute Gasteiger partial charge is 0.244 e. The lowest BCUT2D eigenvalue weighted by Crippen LogP contribution is -2.36. The van der Waals surface area contributed by atoms with E-state index in [0.29, 0.717) is 11.4 Å². The lowest BCUT2D eigenvalue weighted by Gasteiger charge is -2.24. The van der Waals surface area contributed by atoms with Gasteiger partial charge in [0.1, 0.15) is 0 Å². The summed E-state index contributed by atoms with van der Waals surface area (Å²) in [5.74, 6) is 0. The molecular weight excluding hydrogens is 250 g/mol. The van der Waals surface area contributed by atoms with Crippen LogP contribution in [0.15, 0.2) is 17.2 Å². The summed E-state index contributed by atoms with van der Waals surface area (Å²) in [5.41, 5.74) is 0.869. The van der Waals surface area contributed by atoms with Crippen LogP contribution in [0.4, 0.5) is 0 Å². The van der Waals surface area contributed by atoms with Gasteiger partial charge >= 0.3 is 0 Å². The first-order chi connectivity index (χ1) is 8.47. The molecule has 0 spiro atoms. The summed E-state index contributed by atoms with van der Waals surface area (Å²) in [6.45, 7) is 4.64. The van der Waals surface area contributed by atoms with Gasteiger partial charge in [0.2, 0.25) is 10.0 Å². The third kappa shape index (κ3) is 3.13. The van der Waals surface area contributed by atoms with Crippen molar-refractivity contribution in [3.8, 4) is 0 Å². The Kier molecular flexibility index (Phi) is 5.37. The van der Waals surface area contributed by atoms with Gasteiger partial charge in [-0.2, -0.15) is 4.31 Å². The summed E-state index contributed by atoms with van der Waals surface area (Å²) >= 11 is 0. The second-order valence-corrected chi connectivity index (χ2v) is 6.38. The number of H-pyrrole nitrogens is 1. The molecule has 1 rings (SSSR count). The van der Waals surface area contributed by atoms with Gasteiger partial charge < -0.3 is 10.3 Å². The normalized spacial score (nSPS) is 12.6. The topological polar surface area (TPSA) is 65.2 Å². The standard InChI is InChI=1S/C12H23N3O2S/c1-5-11(6-2)15(4)18(16,17)12-7-10(8-13-3)14-9-12/h7,9,11,13-14H,5-6,8H2,1-4H3.